The van der Waals surface area contributed by atoms with Gasteiger partial charge in [0.05, 0.1) is 11.4 Å². The number of hydrogen-bond donors (Lipinski definition) is 2. The van der Waals surface area contributed by atoms with Crippen molar-refractivity contribution in [1.29, 1.82) is 0 Å². The Morgan fingerprint density at radius 2 is 1.92 bits per heavy atom. The first-order chi connectivity index (χ1) is 11.3. The third-order valence-corrected chi connectivity index (χ3v) is 3.46. The van der Waals surface area contributed by atoms with E-state index in [9.17, 15) is 14.4 Å². The lowest BCUT2D eigenvalue weighted by Gasteiger charge is -2.11. The third-order valence-electron chi connectivity index (χ3n) is 3.11. The van der Waals surface area contributed by atoms with Gasteiger partial charge in [0.2, 0.25) is 0 Å². The molecule has 1 aromatic heterocycles. The van der Waals surface area contributed by atoms with Crippen molar-refractivity contribution in [2.45, 2.75) is 20.0 Å². The zero-order valence-corrected chi connectivity index (χ0v) is 13.7. The summed E-state index contributed by atoms with van der Waals surface area (Å²) in [6, 6.07) is 7.96. The van der Waals surface area contributed by atoms with Crippen LogP contribution in [-0.4, -0.2) is 33.8 Å². The molecule has 1 atom stereocenters. The topological polar surface area (TPSA) is 116 Å². The minimum Gasteiger partial charge on any atom is -0.449 e. The smallest absolute Gasteiger partial charge is 0.344 e. The number of esters is 1. The van der Waals surface area contributed by atoms with E-state index in [1.165, 1.54) is 11.6 Å². The molecule has 1 aromatic carbocycles. The van der Waals surface area contributed by atoms with Crippen molar-refractivity contribution in [2.24, 2.45) is 5.73 Å². The monoisotopic (exact) mass is 350 g/mol. The maximum absolute atomic E-state index is 12.3. The maximum Gasteiger partial charge on any atom is 0.344 e. The quantitative estimate of drug-likeness (QED) is 0.812. The van der Waals surface area contributed by atoms with Crippen LogP contribution in [0.25, 0.3) is 5.69 Å². The minimum atomic E-state index is -1.22. The molecule has 2 rings (SSSR count). The summed E-state index contributed by atoms with van der Waals surface area (Å²) >= 11 is 6.23. The van der Waals surface area contributed by atoms with E-state index in [-0.39, 0.29) is 10.7 Å². The molecule has 126 valence electrons. The predicted octanol–water partition coefficient (Wildman–Crippen LogP) is 1.57. The van der Waals surface area contributed by atoms with Gasteiger partial charge < -0.3 is 10.5 Å². The van der Waals surface area contributed by atoms with Gasteiger partial charge in [-0.15, -0.1) is 0 Å². The van der Waals surface area contributed by atoms with Gasteiger partial charge in [0.25, 0.3) is 5.91 Å². The van der Waals surface area contributed by atoms with E-state index in [4.69, 9.17) is 22.1 Å². The highest BCUT2D eigenvalue weighted by molar-refractivity contribution is 6.33. The average Bonchev–Trinajstić information content (AvgIpc) is 2.82. The highest BCUT2D eigenvalue weighted by Crippen LogP contribution is 2.24. The Balaban J connectivity index is 2.23. The third kappa shape index (κ3) is 3.72. The molecule has 0 aliphatic rings. The number of nitrogens with zero attached hydrogens (tertiary/aromatic N) is 2. The molecular formula is C15H15ClN4O4. The van der Waals surface area contributed by atoms with Crippen molar-refractivity contribution in [3.05, 3.63) is 46.7 Å². The zero-order valence-electron chi connectivity index (χ0n) is 12.9. The van der Waals surface area contributed by atoms with Crippen molar-refractivity contribution in [3.63, 3.8) is 0 Å². The number of benzene rings is 1. The molecule has 9 heteroatoms. The molecule has 0 aliphatic carbocycles. The van der Waals surface area contributed by atoms with Crippen LogP contribution in [0.5, 0.6) is 0 Å². The van der Waals surface area contributed by atoms with Crippen molar-refractivity contribution in [1.82, 2.24) is 15.1 Å². The van der Waals surface area contributed by atoms with Crippen molar-refractivity contribution < 1.29 is 19.1 Å². The number of carbonyl (C=O) groups excluding carboxylic acids is 3. The van der Waals surface area contributed by atoms with E-state index < -0.39 is 24.0 Å². The number of para-hydroxylation sites is 1. The molecule has 3 amide bonds. The fourth-order valence-corrected chi connectivity index (χ4v) is 2.32. The summed E-state index contributed by atoms with van der Waals surface area (Å²) in [7, 11) is 0. The lowest BCUT2D eigenvalue weighted by molar-refractivity contribution is -0.127. The lowest BCUT2D eigenvalue weighted by atomic mass is 10.2. The molecule has 8 nitrogen and oxygen atoms in total. The number of ether oxygens (including phenoxy) is 1. The first-order valence-electron chi connectivity index (χ1n) is 6.93. The van der Waals surface area contributed by atoms with Crippen LogP contribution in [0, 0.1) is 6.92 Å². The number of aromatic nitrogens is 2. The van der Waals surface area contributed by atoms with E-state index in [0.29, 0.717) is 11.4 Å². The summed E-state index contributed by atoms with van der Waals surface area (Å²) in [4.78, 5) is 34.5. The van der Waals surface area contributed by atoms with Crippen molar-refractivity contribution in [2.75, 3.05) is 0 Å². The van der Waals surface area contributed by atoms with Crippen LogP contribution >= 0.6 is 11.6 Å². The molecule has 2 aromatic rings. The van der Waals surface area contributed by atoms with Gasteiger partial charge in [-0.1, -0.05) is 29.8 Å². The molecule has 3 N–H and O–H groups in total. The molecule has 0 aliphatic heterocycles. The summed E-state index contributed by atoms with van der Waals surface area (Å²) in [6.07, 6.45) is -1.22. The molecule has 0 unspecified atom stereocenters. The van der Waals surface area contributed by atoms with Crippen molar-refractivity contribution in [3.8, 4) is 5.69 Å². The minimum absolute atomic E-state index is 0.0410. The SMILES string of the molecule is Cc1nn(-c2ccccc2)c(Cl)c1C(=O)O[C@H](C)C(=O)NC(N)=O. The molecule has 24 heavy (non-hydrogen) atoms. The van der Waals surface area contributed by atoms with Crippen LogP contribution in [-0.2, 0) is 9.53 Å². The number of rotatable bonds is 4. The number of urea groups is 1. The number of carbonyl (C=O) groups is 3. The Kier molecular flexibility index (Phi) is 5.20. The Morgan fingerprint density at radius 3 is 2.50 bits per heavy atom. The molecule has 0 bridgehead atoms. The Morgan fingerprint density at radius 1 is 1.29 bits per heavy atom. The normalized spacial score (nSPS) is 11.6. The molecular weight excluding hydrogens is 336 g/mol. The van der Waals surface area contributed by atoms with Gasteiger partial charge in [-0.05, 0) is 26.0 Å². The number of primary amides is 1. The average molecular weight is 351 g/mol. The number of hydrogen-bond acceptors (Lipinski definition) is 5. The van der Waals surface area contributed by atoms with Gasteiger partial charge in [-0.25, -0.2) is 14.3 Å². The number of amides is 3. The van der Waals surface area contributed by atoms with Crippen LogP contribution in [0.2, 0.25) is 5.15 Å². The summed E-state index contributed by atoms with van der Waals surface area (Å²) < 4.78 is 6.40. The summed E-state index contributed by atoms with van der Waals surface area (Å²) in [5.74, 6) is -1.66. The first-order valence-corrected chi connectivity index (χ1v) is 7.31. The molecule has 0 saturated heterocycles. The summed E-state index contributed by atoms with van der Waals surface area (Å²) in [5.41, 5.74) is 5.90. The Bertz CT molecular complexity index is 788. The molecule has 0 radical (unpaired) electrons. The van der Waals surface area contributed by atoms with Gasteiger partial charge in [-0.3, -0.25) is 10.1 Å². The number of aryl methyl sites for hydroxylation is 1. The van der Waals surface area contributed by atoms with E-state index >= 15 is 0 Å². The lowest BCUT2D eigenvalue weighted by Crippen LogP contribution is -2.42. The van der Waals surface area contributed by atoms with Gasteiger partial charge in [0.15, 0.2) is 6.10 Å². The van der Waals surface area contributed by atoms with Gasteiger partial charge in [-0.2, -0.15) is 5.10 Å². The maximum atomic E-state index is 12.3. The first kappa shape index (κ1) is 17.5. The Hall–Kier alpha value is -2.87. The number of nitrogens with one attached hydrogen (secondary N) is 1. The van der Waals surface area contributed by atoms with E-state index in [1.54, 1.807) is 31.2 Å². The van der Waals surface area contributed by atoms with Crippen LogP contribution in [0.1, 0.15) is 23.0 Å². The highest BCUT2D eigenvalue weighted by Gasteiger charge is 2.26. The number of nitrogens with two attached hydrogens (primary N) is 1. The van der Waals surface area contributed by atoms with E-state index in [0.717, 1.165) is 0 Å². The van der Waals surface area contributed by atoms with Crippen LogP contribution in [0.4, 0.5) is 4.79 Å². The van der Waals surface area contributed by atoms with Crippen LogP contribution in [0.15, 0.2) is 30.3 Å². The molecule has 0 fully saturated rings. The summed E-state index contributed by atoms with van der Waals surface area (Å²) in [5, 5.41) is 6.10. The fraction of sp³-hybridized carbons (Fsp3) is 0.200. The Labute approximate surface area is 142 Å². The van der Waals surface area contributed by atoms with Gasteiger partial charge in [0, 0.05) is 0 Å². The predicted molar refractivity (Wildman–Crippen MR) is 85.9 cm³/mol. The van der Waals surface area contributed by atoms with Crippen LogP contribution < -0.4 is 11.1 Å². The molecule has 1 heterocycles. The second-order valence-corrected chi connectivity index (χ2v) is 5.26. The second kappa shape index (κ2) is 7.14. The van der Waals surface area contributed by atoms with Gasteiger partial charge >= 0.3 is 12.0 Å². The standard InChI is InChI=1S/C15H15ClN4O4/c1-8-11(14(22)24-9(2)13(21)18-15(17)23)12(16)20(19-8)10-6-4-3-5-7-10/h3-7,9H,1-2H3,(H3,17,18,21,23)/t9-/m1/s1. The molecule has 0 spiro atoms. The van der Waals surface area contributed by atoms with Crippen molar-refractivity contribution >= 4 is 29.5 Å². The van der Waals surface area contributed by atoms with E-state index in [1.807, 2.05) is 11.4 Å². The fourth-order valence-electron chi connectivity index (χ4n) is 1.97. The van der Waals surface area contributed by atoms with E-state index in [2.05, 4.69) is 5.10 Å². The van der Waals surface area contributed by atoms with Gasteiger partial charge in [0.1, 0.15) is 10.7 Å². The second-order valence-electron chi connectivity index (χ2n) is 4.90. The van der Waals surface area contributed by atoms with Crippen LogP contribution in [0.3, 0.4) is 0 Å². The summed E-state index contributed by atoms with van der Waals surface area (Å²) in [6.45, 7) is 2.90. The largest absolute Gasteiger partial charge is 0.449 e. The number of halogens is 1. The highest BCUT2D eigenvalue weighted by atomic mass is 35.5. The number of imide groups is 1. The molecule has 0 saturated carbocycles. The zero-order chi connectivity index (χ0) is 17.9.